The first-order valence-corrected chi connectivity index (χ1v) is 34.6. The molecule has 0 saturated heterocycles. The first kappa shape index (κ1) is 53.9. The first-order valence-electron chi connectivity index (χ1n) is 34.6. The van der Waals surface area contributed by atoms with Gasteiger partial charge in [0.15, 0.2) is 0 Å². The lowest BCUT2D eigenvalue weighted by atomic mass is 9.66. The van der Waals surface area contributed by atoms with Crippen LogP contribution in [0.4, 0.5) is 0 Å². The smallest absolute Gasteiger partial charge is 0.0197 e. The molecule has 15 saturated carbocycles. The van der Waals surface area contributed by atoms with Crippen LogP contribution in [-0.4, -0.2) is 0 Å². The average Bonchev–Trinajstić information content (AvgIpc) is 4.07. The number of fused-ring (bicyclic) bond motifs is 8. The van der Waals surface area contributed by atoms with E-state index < -0.39 is 0 Å². The molecule has 0 bridgehead atoms. The Morgan fingerprint density at radius 1 is 0.197 bits per heavy atom. The van der Waals surface area contributed by atoms with Crippen molar-refractivity contribution in [2.75, 3.05) is 0 Å². The fourth-order valence-electron chi connectivity index (χ4n) is 19.6. The maximum Gasteiger partial charge on any atom is -0.0197 e. The summed E-state index contributed by atoms with van der Waals surface area (Å²) in [6.07, 6.45) is 82.0. The molecule has 0 amide bonds. The van der Waals surface area contributed by atoms with Crippen LogP contribution in [0.3, 0.4) is 0 Å². The average molecular weight is 974 g/mol. The first-order chi connectivity index (χ1) is 35.2. The van der Waals surface area contributed by atoms with Gasteiger partial charge in [0.2, 0.25) is 0 Å². The van der Waals surface area contributed by atoms with Crippen molar-refractivity contribution in [2.24, 2.45) is 88.8 Å². The van der Waals surface area contributed by atoms with E-state index in [-0.39, 0.29) is 0 Å². The van der Waals surface area contributed by atoms with Crippen molar-refractivity contribution in [1.82, 2.24) is 0 Å². The van der Waals surface area contributed by atoms with Crippen molar-refractivity contribution in [2.45, 2.75) is 334 Å². The Labute approximate surface area is 443 Å². The second-order valence-electron chi connectivity index (χ2n) is 29.2. The quantitative estimate of drug-likeness (QED) is 0.212. The van der Waals surface area contributed by atoms with Crippen LogP contribution in [0.5, 0.6) is 0 Å². The summed E-state index contributed by atoms with van der Waals surface area (Å²) < 4.78 is 0. The Morgan fingerprint density at radius 3 is 0.676 bits per heavy atom. The zero-order valence-electron chi connectivity index (χ0n) is 47.5. The minimum absolute atomic E-state index is 1.06. The molecule has 18 rings (SSSR count). The number of hydrogen-bond donors (Lipinski definition) is 0. The van der Waals surface area contributed by atoms with Gasteiger partial charge in [-0.2, -0.15) is 0 Å². The molecule has 0 aromatic carbocycles. The molecule has 18 aliphatic rings. The Hall–Kier alpha value is -0.520. The van der Waals surface area contributed by atoms with E-state index in [4.69, 9.17) is 0 Å². The fourth-order valence-corrected chi connectivity index (χ4v) is 19.6. The largest absolute Gasteiger partial charge is 0.0850 e. The van der Waals surface area contributed by atoms with Crippen LogP contribution in [0.15, 0.2) is 22.8 Å². The normalized spacial score (nSPS) is 42.1. The molecular weight excluding hydrogens is 853 g/mol. The van der Waals surface area contributed by atoms with E-state index in [0.717, 1.165) is 17.8 Å². The summed E-state index contributed by atoms with van der Waals surface area (Å²) in [5, 5.41) is 0. The minimum atomic E-state index is 1.06. The van der Waals surface area contributed by atoms with Crippen LogP contribution < -0.4 is 0 Å². The van der Waals surface area contributed by atoms with Crippen LogP contribution >= 0.6 is 0 Å². The van der Waals surface area contributed by atoms with Gasteiger partial charge in [0.25, 0.3) is 0 Å². The van der Waals surface area contributed by atoms with E-state index in [9.17, 15) is 0 Å². The van der Waals surface area contributed by atoms with E-state index >= 15 is 0 Å². The Morgan fingerprint density at radius 2 is 0.451 bits per heavy atom. The van der Waals surface area contributed by atoms with Gasteiger partial charge in [0, 0.05) is 0 Å². The third kappa shape index (κ3) is 16.5. The van der Waals surface area contributed by atoms with Gasteiger partial charge >= 0.3 is 0 Å². The molecule has 13 atom stereocenters. The van der Waals surface area contributed by atoms with Crippen molar-refractivity contribution < 1.29 is 0 Å². The summed E-state index contributed by atoms with van der Waals surface area (Å²) in [4.78, 5) is 0. The molecule has 15 fully saturated rings. The SMILES string of the molecule is C1=C2CCC2CC1.C1CC2=C(C1)CCC2.C1CC2CC2C1.C1CC2CCC2C1.C1CC2CCCC2C1.C1CCC2CC2C1.C1CCC2CCC2C1.C1CCC2CCCC2C1.C1CCCC2CCCC2CC1. The van der Waals surface area contributed by atoms with Gasteiger partial charge in [0.05, 0.1) is 0 Å². The summed E-state index contributed by atoms with van der Waals surface area (Å²) in [6, 6.07) is 0. The van der Waals surface area contributed by atoms with Crippen molar-refractivity contribution in [3.63, 3.8) is 0 Å². The lowest BCUT2D eigenvalue weighted by molar-refractivity contribution is 0.115. The van der Waals surface area contributed by atoms with Crippen LogP contribution in [0.25, 0.3) is 0 Å². The maximum absolute atomic E-state index is 2.42. The lowest BCUT2D eigenvalue weighted by Gasteiger charge is -2.40. The maximum atomic E-state index is 2.42. The fraction of sp³-hybridized carbons (Fsp3) is 0.944. The van der Waals surface area contributed by atoms with Crippen LogP contribution in [-0.2, 0) is 0 Å². The third-order valence-electron chi connectivity index (χ3n) is 24.9. The molecule has 0 aromatic rings. The second-order valence-corrected chi connectivity index (χ2v) is 29.2. The summed E-state index contributed by atoms with van der Waals surface area (Å²) in [5.41, 5.74) is 5.41. The predicted octanol–water partition coefficient (Wildman–Crippen LogP) is 22.9. The van der Waals surface area contributed by atoms with E-state index in [2.05, 4.69) is 6.08 Å². The Bertz CT molecular complexity index is 1460. The van der Waals surface area contributed by atoms with Gasteiger partial charge in [-0.15, -0.1) is 0 Å². The number of allylic oxidation sites excluding steroid dienone is 4. The molecule has 13 unspecified atom stereocenters. The monoisotopic (exact) mass is 973 g/mol. The molecule has 0 aromatic heterocycles. The molecule has 0 nitrogen and oxygen atoms in total. The highest BCUT2D eigenvalue weighted by molar-refractivity contribution is 5.23. The summed E-state index contributed by atoms with van der Waals surface area (Å²) in [5.74, 6) is 17.6. The zero-order chi connectivity index (χ0) is 47.9. The van der Waals surface area contributed by atoms with Crippen molar-refractivity contribution in [1.29, 1.82) is 0 Å². The molecular formula is C71H120. The predicted molar refractivity (Wildman–Crippen MR) is 308 cm³/mol. The van der Waals surface area contributed by atoms with E-state index in [0.29, 0.717) is 0 Å². The molecule has 18 aliphatic carbocycles. The van der Waals surface area contributed by atoms with Crippen LogP contribution in [0, 0.1) is 88.8 Å². The van der Waals surface area contributed by atoms with Crippen molar-refractivity contribution in [3.8, 4) is 0 Å². The highest BCUT2D eigenvalue weighted by Crippen LogP contribution is 2.52. The van der Waals surface area contributed by atoms with Gasteiger partial charge in [-0.1, -0.05) is 254 Å². The van der Waals surface area contributed by atoms with E-state index in [1.807, 2.05) is 11.1 Å². The van der Waals surface area contributed by atoms with Gasteiger partial charge in [-0.3, -0.25) is 0 Å². The molecule has 71 heavy (non-hydrogen) atoms. The lowest BCUT2D eigenvalue weighted by Crippen LogP contribution is -2.28. The highest BCUT2D eigenvalue weighted by atomic mass is 14.5. The van der Waals surface area contributed by atoms with Gasteiger partial charge < -0.3 is 0 Å². The number of hydrogen-bond acceptors (Lipinski definition) is 0. The summed E-state index contributed by atoms with van der Waals surface area (Å²) in [7, 11) is 0. The molecule has 404 valence electrons. The molecule has 0 radical (unpaired) electrons. The highest BCUT2D eigenvalue weighted by Gasteiger charge is 2.41. The Kier molecular flexibility index (Phi) is 21.8. The Balaban J connectivity index is 0.0000000925. The summed E-state index contributed by atoms with van der Waals surface area (Å²) >= 11 is 0. The van der Waals surface area contributed by atoms with Crippen LogP contribution in [0.2, 0.25) is 0 Å². The van der Waals surface area contributed by atoms with Crippen molar-refractivity contribution >= 4 is 0 Å². The second kappa shape index (κ2) is 28.7. The standard InChI is InChI=1S/C11H20.C9H16.C8H14.C8H12.C8H14.C7H12.C7H10.C7H12.C6H10/c1-2-4-7-11-9-5-8-10(11)6-3-1;1-2-5-9-7-3-6-8(9)4-1;2*1-3-7-5-2-6-8(7)4-1;1-2-4-8-6-5-7(8)3-1;2*1-2-6-4-5-7(6)3-1;1-2-4-7-5-6(7)3-1;1-2-5-4-6(5)3-1/h10-11H,1-9H2;8-9H,1-7H2;7-8H,1-6H2;1-6H2;7-8H,1-6H2;6-7H,1-5H2;2,7H,1,3-5H2;6-7H,1-5H2;5-6H,1-4H2. The third-order valence-corrected chi connectivity index (χ3v) is 24.9. The zero-order valence-corrected chi connectivity index (χ0v) is 47.5. The molecule has 0 heteroatoms. The van der Waals surface area contributed by atoms with Gasteiger partial charge in [-0.05, 0) is 192 Å². The topological polar surface area (TPSA) is 0 Å². The van der Waals surface area contributed by atoms with Crippen molar-refractivity contribution in [3.05, 3.63) is 22.8 Å². The van der Waals surface area contributed by atoms with E-state index in [1.165, 1.54) is 238 Å². The minimum Gasteiger partial charge on any atom is -0.0850 e. The van der Waals surface area contributed by atoms with Gasteiger partial charge in [-0.25, -0.2) is 0 Å². The molecule has 0 spiro atoms. The van der Waals surface area contributed by atoms with E-state index in [1.54, 1.807) is 173 Å². The van der Waals surface area contributed by atoms with Gasteiger partial charge in [0.1, 0.15) is 0 Å². The summed E-state index contributed by atoms with van der Waals surface area (Å²) in [6.45, 7) is 0. The van der Waals surface area contributed by atoms with Crippen LogP contribution in [0.1, 0.15) is 334 Å². The molecule has 0 N–H and O–H groups in total. The number of rotatable bonds is 0. The molecule has 0 heterocycles. The molecule has 0 aliphatic heterocycles.